The highest BCUT2D eigenvalue weighted by Crippen LogP contribution is 2.17. The predicted octanol–water partition coefficient (Wildman–Crippen LogP) is 1.34. The highest BCUT2D eigenvalue weighted by atomic mass is 16.4. The van der Waals surface area contributed by atoms with E-state index in [1.165, 1.54) is 18.5 Å². The van der Waals surface area contributed by atoms with Crippen LogP contribution < -0.4 is 5.32 Å². The number of aromatic hydroxyl groups is 1. The largest absolute Gasteiger partial charge is 0.507 e. The Morgan fingerprint density at radius 2 is 1.85 bits per heavy atom. The fourth-order valence-corrected chi connectivity index (χ4v) is 1.70. The number of rotatable bonds is 4. The van der Waals surface area contributed by atoms with Crippen LogP contribution in [-0.2, 0) is 4.79 Å². The molecule has 20 heavy (non-hydrogen) atoms. The lowest BCUT2D eigenvalue weighted by molar-refractivity contribution is -0.139. The Hall–Kier alpha value is -2.89. The van der Waals surface area contributed by atoms with Crippen LogP contribution in [0.15, 0.2) is 48.8 Å². The molecule has 2 aromatic rings. The third-order valence-corrected chi connectivity index (χ3v) is 2.70. The van der Waals surface area contributed by atoms with Crippen molar-refractivity contribution < 1.29 is 19.8 Å². The van der Waals surface area contributed by atoms with Crippen LogP contribution in [0.2, 0.25) is 0 Å². The molecule has 6 nitrogen and oxygen atoms in total. The summed E-state index contributed by atoms with van der Waals surface area (Å²) in [6, 6.07) is 8.37. The molecule has 0 saturated carbocycles. The lowest BCUT2D eigenvalue weighted by atomic mass is 10.1. The Kier molecular flexibility index (Phi) is 3.95. The lowest BCUT2D eigenvalue weighted by Crippen LogP contribution is -2.33. The second-order valence-corrected chi connectivity index (χ2v) is 4.05. The summed E-state index contributed by atoms with van der Waals surface area (Å²) in [5, 5.41) is 21.1. The minimum Gasteiger partial charge on any atom is -0.507 e. The number of carbonyl (C=O) groups is 2. The van der Waals surface area contributed by atoms with E-state index in [4.69, 9.17) is 0 Å². The summed E-state index contributed by atoms with van der Waals surface area (Å²) in [5.74, 6) is -2.14. The number of pyridine rings is 1. The van der Waals surface area contributed by atoms with Gasteiger partial charge in [0.1, 0.15) is 5.75 Å². The molecule has 0 fully saturated rings. The minimum absolute atomic E-state index is 0.0744. The van der Waals surface area contributed by atoms with Gasteiger partial charge in [0, 0.05) is 12.4 Å². The SMILES string of the molecule is O=C(NC(C(=O)O)c1ccccc1)c1cnccc1O. The highest BCUT2D eigenvalue weighted by molar-refractivity contribution is 5.98. The first-order chi connectivity index (χ1) is 9.59. The molecule has 1 atom stereocenters. The van der Waals surface area contributed by atoms with Crippen LogP contribution >= 0.6 is 0 Å². The summed E-state index contributed by atoms with van der Waals surface area (Å²) < 4.78 is 0. The maximum Gasteiger partial charge on any atom is 0.330 e. The molecular weight excluding hydrogens is 260 g/mol. The molecule has 1 aromatic heterocycles. The number of nitrogens with one attached hydrogen (secondary N) is 1. The maximum atomic E-state index is 12.0. The molecule has 0 aliphatic carbocycles. The maximum absolute atomic E-state index is 12.0. The number of carboxylic acid groups (broad SMARTS) is 1. The van der Waals surface area contributed by atoms with Crippen LogP contribution in [-0.4, -0.2) is 27.1 Å². The average Bonchev–Trinajstić information content (AvgIpc) is 2.45. The van der Waals surface area contributed by atoms with E-state index in [2.05, 4.69) is 10.3 Å². The number of carbonyl (C=O) groups excluding carboxylic acids is 1. The number of hydrogen-bond acceptors (Lipinski definition) is 4. The van der Waals surface area contributed by atoms with Gasteiger partial charge in [0.25, 0.3) is 5.91 Å². The molecule has 0 aliphatic rings. The Morgan fingerprint density at radius 3 is 2.45 bits per heavy atom. The van der Waals surface area contributed by atoms with Gasteiger partial charge in [-0.25, -0.2) is 4.79 Å². The minimum atomic E-state index is -1.19. The summed E-state index contributed by atoms with van der Waals surface area (Å²) in [7, 11) is 0. The monoisotopic (exact) mass is 272 g/mol. The molecule has 0 spiro atoms. The van der Waals surface area contributed by atoms with E-state index in [-0.39, 0.29) is 11.3 Å². The number of nitrogens with zero attached hydrogens (tertiary/aromatic N) is 1. The van der Waals surface area contributed by atoms with Gasteiger partial charge in [0.2, 0.25) is 0 Å². The van der Waals surface area contributed by atoms with Crippen molar-refractivity contribution in [2.75, 3.05) is 0 Å². The zero-order valence-electron chi connectivity index (χ0n) is 10.4. The second-order valence-electron chi connectivity index (χ2n) is 4.05. The van der Waals surface area contributed by atoms with Crippen molar-refractivity contribution in [2.45, 2.75) is 6.04 Å². The quantitative estimate of drug-likeness (QED) is 0.780. The van der Waals surface area contributed by atoms with Gasteiger partial charge in [-0.1, -0.05) is 30.3 Å². The molecule has 1 heterocycles. The summed E-state index contributed by atoms with van der Waals surface area (Å²) in [6.07, 6.45) is 2.51. The smallest absolute Gasteiger partial charge is 0.330 e. The molecule has 3 N–H and O–H groups in total. The summed E-state index contributed by atoms with van der Waals surface area (Å²) in [4.78, 5) is 27.0. The molecule has 2 rings (SSSR count). The van der Waals surface area contributed by atoms with Crippen LogP contribution in [0.1, 0.15) is 22.0 Å². The molecule has 0 aliphatic heterocycles. The summed E-state index contributed by atoms with van der Waals surface area (Å²) >= 11 is 0. The third kappa shape index (κ3) is 2.92. The topological polar surface area (TPSA) is 99.5 Å². The lowest BCUT2D eigenvalue weighted by Gasteiger charge is -2.15. The highest BCUT2D eigenvalue weighted by Gasteiger charge is 2.23. The van der Waals surface area contributed by atoms with Gasteiger partial charge in [-0.15, -0.1) is 0 Å². The molecule has 1 aromatic carbocycles. The van der Waals surface area contributed by atoms with Gasteiger partial charge in [0.05, 0.1) is 5.56 Å². The van der Waals surface area contributed by atoms with Gasteiger partial charge < -0.3 is 15.5 Å². The van der Waals surface area contributed by atoms with Crippen molar-refractivity contribution in [1.29, 1.82) is 0 Å². The molecular formula is C14H12N2O4. The van der Waals surface area contributed by atoms with Gasteiger partial charge in [0.15, 0.2) is 6.04 Å². The third-order valence-electron chi connectivity index (χ3n) is 2.70. The standard InChI is InChI=1S/C14H12N2O4/c17-11-6-7-15-8-10(11)13(18)16-12(14(19)20)9-4-2-1-3-5-9/h1-8,12H,(H,15,17)(H,16,18)(H,19,20). The molecule has 1 amide bonds. The molecule has 6 heteroatoms. The van der Waals surface area contributed by atoms with E-state index in [9.17, 15) is 19.8 Å². The first-order valence-electron chi connectivity index (χ1n) is 5.81. The zero-order chi connectivity index (χ0) is 14.5. The van der Waals surface area contributed by atoms with Crippen LogP contribution in [0.25, 0.3) is 0 Å². The van der Waals surface area contributed by atoms with E-state index < -0.39 is 17.9 Å². The Balaban J connectivity index is 2.24. The van der Waals surface area contributed by atoms with E-state index in [1.54, 1.807) is 30.3 Å². The number of hydrogen-bond donors (Lipinski definition) is 3. The Labute approximate surface area is 114 Å². The molecule has 1 unspecified atom stereocenters. The van der Waals surface area contributed by atoms with Crippen LogP contribution in [0.5, 0.6) is 5.75 Å². The van der Waals surface area contributed by atoms with E-state index in [1.807, 2.05) is 0 Å². The molecule has 102 valence electrons. The number of carboxylic acids is 1. The summed E-state index contributed by atoms with van der Waals surface area (Å²) in [5.41, 5.74) is 0.367. The van der Waals surface area contributed by atoms with E-state index in [0.29, 0.717) is 5.56 Å². The average molecular weight is 272 g/mol. The second kappa shape index (κ2) is 5.83. The van der Waals surface area contributed by atoms with Gasteiger partial charge in [-0.2, -0.15) is 0 Å². The number of benzene rings is 1. The van der Waals surface area contributed by atoms with Crippen molar-refractivity contribution in [1.82, 2.24) is 10.3 Å². The molecule has 0 saturated heterocycles. The van der Waals surface area contributed by atoms with Crippen LogP contribution in [0.4, 0.5) is 0 Å². The number of amides is 1. The van der Waals surface area contributed by atoms with Gasteiger partial charge >= 0.3 is 5.97 Å². The zero-order valence-corrected chi connectivity index (χ0v) is 10.4. The number of aromatic nitrogens is 1. The molecule has 0 bridgehead atoms. The number of aliphatic carboxylic acids is 1. The fourth-order valence-electron chi connectivity index (χ4n) is 1.70. The van der Waals surface area contributed by atoms with Crippen LogP contribution in [0, 0.1) is 0 Å². The normalized spacial score (nSPS) is 11.6. The molecule has 0 radical (unpaired) electrons. The van der Waals surface area contributed by atoms with Crippen molar-refractivity contribution in [3.05, 3.63) is 59.9 Å². The first kappa shape index (κ1) is 13.5. The van der Waals surface area contributed by atoms with Crippen molar-refractivity contribution in [2.24, 2.45) is 0 Å². The van der Waals surface area contributed by atoms with Crippen molar-refractivity contribution >= 4 is 11.9 Å². The Morgan fingerprint density at radius 1 is 1.15 bits per heavy atom. The van der Waals surface area contributed by atoms with Gasteiger partial charge in [-0.05, 0) is 11.6 Å². The van der Waals surface area contributed by atoms with Crippen molar-refractivity contribution in [3.8, 4) is 5.75 Å². The predicted molar refractivity (Wildman–Crippen MR) is 70.2 cm³/mol. The Bertz CT molecular complexity index is 628. The summed E-state index contributed by atoms with van der Waals surface area (Å²) in [6.45, 7) is 0. The first-order valence-corrected chi connectivity index (χ1v) is 5.81. The van der Waals surface area contributed by atoms with Gasteiger partial charge in [-0.3, -0.25) is 9.78 Å². The van der Waals surface area contributed by atoms with E-state index in [0.717, 1.165) is 0 Å². The van der Waals surface area contributed by atoms with E-state index >= 15 is 0 Å². The van der Waals surface area contributed by atoms with Crippen molar-refractivity contribution in [3.63, 3.8) is 0 Å². The fraction of sp³-hybridized carbons (Fsp3) is 0.0714. The van der Waals surface area contributed by atoms with Crippen LogP contribution in [0.3, 0.4) is 0 Å².